The van der Waals surface area contributed by atoms with Crippen molar-refractivity contribution in [1.82, 2.24) is 15.5 Å². The Balaban J connectivity index is 0.967. The van der Waals surface area contributed by atoms with Gasteiger partial charge in [-0.1, -0.05) is 41.9 Å². The molecule has 1 spiro atoms. The summed E-state index contributed by atoms with van der Waals surface area (Å²) in [5, 5.41) is 16.4. The molecule has 11 heteroatoms. The average Bonchev–Trinajstić information content (AvgIpc) is 3.61. The highest BCUT2D eigenvalue weighted by Crippen LogP contribution is 2.50. The van der Waals surface area contributed by atoms with E-state index < -0.39 is 6.17 Å². The van der Waals surface area contributed by atoms with Crippen molar-refractivity contribution in [3.63, 3.8) is 0 Å². The number of halogens is 2. The van der Waals surface area contributed by atoms with Gasteiger partial charge < -0.3 is 29.7 Å². The fraction of sp³-hybridized carbons (Fsp3) is 0.413. The minimum Gasteiger partial charge on any atom is -0.493 e. The maximum absolute atomic E-state index is 13.4. The van der Waals surface area contributed by atoms with Gasteiger partial charge in [0.2, 0.25) is 5.91 Å². The topological polar surface area (TPSA) is 100 Å². The van der Waals surface area contributed by atoms with Crippen LogP contribution in [0.25, 0.3) is 16.0 Å². The Morgan fingerprint density at radius 2 is 1.86 bits per heavy atom. The smallest absolute Gasteiger partial charge is 0.220 e. The molecule has 294 valence electrons. The molecule has 2 heterocycles. The van der Waals surface area contributed by atoms with Crippen LogP contribution in [0.15, 0.2) is 66.7 Å². The van der Waals surface area contributed by atoms with E-state index in [0.717, 1.165) is 86.2 Å². The van der Waals surface area contributed by atoms with Gasteiger partial charge in [0.15, 0.2) is 5.69 Å². The SMILES string of the molecule is [C-]#[N+]c1cc(C#N)cc(COc2cc(O[C@H]3CCc4c(-c5cccc(OCCCN6CC7(CC(F)C7)C6)c5C)cccc43)c(Cl)cc2CN[C@H]2CCC(=O)NC2)c1. The molecule has 2 atom stereocenters. The number of hydrogen-bond donors (Lipinski definition) is 2. The molecular formula is C46H47ClFN5O4. The fourth-order valence-electron chi connectivity index (χ4n) is 9.02. The summed E-state index contributed by atoms with van der Waals surface area (Å²) in [7, 11) is 0. The van der Waals surface area contributed by atoms with Crippen LogP contribution in [0, 0.1) is 30.2 Å². The number of carbonyl (C=O) groups excluding carboxylic acids is 1. The van der Waals surface area contributed by atoms with Crippen LogP contribution in [0.4, 0.5) is 10.1 Å². The van der Waals surface area contributed by atoms with E-state index in [-0.39, 0.29) is 30.1 Å². The Kier molecular flexibility index (Phi) is 11.4. The van der Waals surface area contributed by atoms with E-state index in [1.807, 2.05) is 18.2 Å². The van der Waals surface area contributed by atoms with Gasteiger partial charge >= 0.3 is 0 Å². The van der Waals surface area contributed by atoms with Gasteiger partial charge in [0.25, 0.3) is 0 Å². The second kappa shape index (κ2) is 16.8. The highest BCUT2D eigenvalue weighted by molar-refractivity contribution is 6.32. The maximum atomic E-state index is 13.4. The Hall–Kier alpha value is -5.13. The number of alkyl halides is 1. The number of hydrogen-bond acceptors (Lipinski definition) is 7. The molecule has 57 heavy (non-hydrogen) atoms. The van der Waals surface area contributed by atoms with Gasteiger partial charge in [-0.05, 0) is 109 Å². The number of amides is 1. The molecular weight excluding hydrogens is 741 g/mol. The predicted octanol–water partition coefficient (Wildman–Crippen LogP) is 8.95. The molecule has 4 aromatic rings. The zero-order valence-electron chi connectivity index (χ0n) is 32.2. The Morgan fingerprint density at radius 1 is 1.04 bits per heavy atom. The van der Waals surface area contributed by atoms with Gasteiger partial charge in [0.05, 0.1) is 24.3 Å². The normalized spacial score (nSPS) is 19.8. The van der Waals surface area contributed by atoms with Gasteiger partial charge in [-0.25, -0.2) is 9.24 Å². The third kappa shape index (κ3) is 8.60. The maximum Gasteiger partial charge on any atom is 0.220 e. The van der Waals surface area contributed by atoms with Gasteiger partial charge in [-0.15, -0.1) is 0 Å². The van der Waals surface area contributed by atoms with Crippen LogP contribution >= 0.6 is 11.6 Å². The molecule has 9 nitrogen and oxygen atoms in total. The number of ether oxygens (including phenoxy) is 3. The Bertz CT molecular complexity index is 2190. The van der Waals surface area contributed by atoms with Gasteiger partial charge in [-0.2, -0.15) is 5.26 Å². The summed E-state index contributed by atoms with van der Waals surface area (Å²) < 4.78 is 32.8. The van der Waals surface area contributed by atoms with E-state index in [1.165, 1.54) is 11.1 Å². The van der Waals surface area contributed by atoms with Crippen molar-refractivity contribution < 1.29 is 23.4 Å². The van der Waals surface area contributed by atoms with Crippen molar-refractivity contribution in [2.24, 2.45) is 5.41 Å². The number of nitrogens with one attached hydrogen (secondary N) is 2. The fourth-order valence-corrected chi connectivity index (χ4v) is 9.25. The molecule has 0 radical (unpaired) electrons. The summed E-state index contributed by atoms with van der Waals surface area (Å²) >= 11 is 6.95. The number of benzene rings is 4. The number of carbonyl (C=O) groups is 1. The van der Waals surface area contributed by atoms with E-state index in [9.17, 15) is 14.4 Å². The molecule has 1 saturated carbocycles. The Morgan fingerprint density at radius 3 is 2.63 bits per heavy atom. The quantitative estimate of drug-likeness (QED) is 0.0973. The summed E-state index contributed by atoms with van der Waals surface area (Å²) in [5.74, 6) is 2.04. The zero-order valence-corrected chi connectivity index (χ0v) is 33.0. The summed E-state index contributed by atoms with van der Waals surface area (Å²) in [6.45, 7) is 14.4. The highest BCUT2D eigenvalue weighted by atomic mass is 35.5. The molecule has 4 aromatic carbocycles. The van der Waals surface area contributed by atoms with E-state index in [1.54, 1.807) is 18.2 Å². The van der Waals surface area contributed by atoms with Crippen LogP contribution < -0.4 is 24.8 Å². The lowest BCUT2D eigenvalue weighted by Gasteiger charge is -2.57. The lowest BCUT2D eigenvalue weighted by atomic mass is 9.62. The largest absolute Gasteiger partial charge is 0.493 e. The first-order valence-electron chi connectivity index (χ1n) is 19.9. The average molecular weight is 788 g/mol. The minimum atomic E-state index is -0.595. The van der Waals surface area contributed by atoms with Crippen molar-refractivity contribution in [3.05, 3.63) is 117 Å². The molecule has 0 aromatic heterocycles. The zero-order chi connectivity index (χ0) is 39.5. The van der Waals surface area contributed by atoms with Crippen LogP contribution in [-0.2, 0) is 24.4 Å². The second-order valence-corrected chi connectivity index (χ2v) is 16.5. The third-order valence-corrected chi connectivity index (χ3v) is 12.2. The number of rotatable bonds is 14. The number of nitriles is 1. The molecule has 2 saturated heterocycles. The summed E-state index contributed by atoms with van der Waals surface area (Å²) in [5.41, 5.74) is 8.37. The monoisotopic (exact) mass is 787 g/mol. The van der Waals surface area contributed by atoms with E-state index in [4.69, 9.17) is 32.4 Å². The van der Waals surface area contributed by atoms with E-state index in [0.29, 0.717) is 59.5 Å². The van der Waals surface area contributed by atoms with Crippen molar-refractivity contribution in [2.75, 3.05) is 32.8 Å². The summed E-state index contributed by atoms with van der Waals surface area (Å²) in [6, 6.07) is 23.6. The van der Waals surface area contributed by atoms with Crippen LogP contribution in [-0.4, -0.2) is 55.8 Å². The van der Waals surface area contributed by atoms with Crippen molar-refractivity contribution in [3.8, 4) is 34.4 Å². The van der Waals surface area contributed by atoms with Crippen LogP contribution in [0.1, 0.15) is 78.0 Å². The van der Waals surface area contributed by atoms with Crippen LogP contribution in [0.2, 0.25) is 5.02 Å². The number of fused-ring (bicyclic) bond motifs is 1. The summed E-state index contributed by atoms with van der Waals surface area (Å²) in [6.07, 6.45) is 4.43. The molecule has 1 amide bonds. The molecule has 2 aliphatic heterocycles. The molecule has 2 N–H and O–H groups in total. The summed E-state index contributed by atoms with van der Waals surface area (Å²) in [4.78, 5) is 17.7. The van der Waals surface area contributed by atoms with Gasteiger partial charge in [0, 0.05) is 67.8 Å². The standard InChI is InChI=1S/C46H47ClFN5O4/c1-29-36(6-4-9-41(29)55-15-5-14-53-27-46(28-53)21-33(48)22-46)37-7-3-8-39-38(37)11-12-42(39)57-44-20-43(56-26-31-16-30(23-49)17-35(18-31)50-2)32(19-40(44)47)24-51-34-10-13-45(54)52-25-34/h3-4,6-9,16-20,33-34,42,51H,5,10-15,21-22,24-28H2,1H3,(H,52,54)/t34-,42-/m0/s1. The number of likely N-dealkylation sites (tertiary alicyclic amines) is 1. The number of nitrogens with zero attached hydrogens (tertiary/aromatic N) is 3. The van der Waals surface area contributed by atoms with E-state index >= 15 is 0 Å². The highest BCUT2D eigenvalue weighted by Gasteiger charge is 2.52. The van der Waals surface area contributed by atoms with E-state index in [2.05, 4.69) is 63.7 Å². The number of piperidine rings is 1. The lowest BCUT2D eigenvalue weighted by molar-refractivity contribution is -0.122. The van der Waals surface area contributed by atoms with Crippen molar-refractivity contribution in [1.29, 1.82) is 5.26 Å². The second-order valence-electron chi connectivity index (χ2n) is 16.1. The van der Waals surface area contributed by atoms with Crippen LogP contribution in [0.3, 0.4) is 0 Å². The molecule has 0 unspecified atom stereocenters. The minimum absolute atomic E-state index is 0.0596. The van der Waals surface area contributed by atoms with Crippen LogP contribution in [0.5, 0.6) is 17.2 Å². The first kappa shape index (κ1) is 38.7. The first-order valence-corrected chi connectivity index (χ1v) is 20.3. The van der Waals surface area contributed by atoms with Gasteiger partial charge in [0.1, 0.15) is 36.1 Å². The lowest BCUT2D eigenvalue weighted by Crippen LogP contribution is -2.62. The van der Waals surface area contributed by atoms with Crippen molar-refractivity contribution >= 4 is 23.2 Å². The Labute approximate surface area is 338 Å². The van der Waals surface area contributed by atoms with Gasteiger partial charge in [-0.3, -0.25) is 4.79 Å². The third-order valence-electron chi connectivity index (χ3n) is 12.0. The first-order chi connectivity index (χ1) is 27.7. The van der Waals surface area contributed by atoms with Crippen molar-refractivity contribution in [2.45, 2.75) is 83.3 Å². The molecule has 0 bridgehead atoms. The molecule has 3 fully saturated rings. The predicted molar refractivity (Wildman–Crippen MR) is 217 cm³/mol. The molecule has 4 aliphatic rings. The molecule has 2 aliphatic carbocycles. The molecule has 8 rings (SSSR count).